The number of anilines is 1. The van der Waals surface area contributed by atoms with Crippen LogP contribution in [0.25, 0.3) is 0 Å². The Morgan fingerprint density at radius 2 is 1.74 bits per heavy atom. The SMILES string of the molecule is Nc1cc(F)c(SCc2cccc(Cl)c2F)c(F)c1. The third-order valence-electron chi connectivity index (χ3n) is 2.42. The Morgan fingerprint density at radius 3 is 2.37 bits per heavy atom. The van der Waals surface area contributed by atoms with Crippen LogP contribution in [0.15, 0.2) is 35.2 Å². The number of rotatable bonds is 3. The summed E-state index contributed by atoms with van der Waals surface area (Å²) in [6, 6.07) is 6.56. The van der Waals surface area contributed by atoms with Gasteiger partial charge in [0.15, 0.2) is 0 Å². The molecule has 0 bridgehead atoms. The molecular weight excluding hydrogens is 295 g/mol. The molecule has 0 fully saturated rings. The quantitative estimate of drug-likeness (QED) is 0.661. The minimum absolute atomic E-state index is 0.00767. The highest BCUT2D eigenvalue weighted by Gasteiger charge is 2.13. The largest absolute Gasteiger partial charge is 0.399 e. The van der Waals surface area contributed by atoms with Crippen LogP contribution in [0.4, 0.5) is 18.9 Å². The molecule has 2 rings (SSSR count). The Labute approximate surface area is 117 Å². The number of halogens is 4. The van der Waals surface area contributed by atoms with Crippen molar-refractivity contribution in [2.45, 2.75) is 10.6 Å². The molecule has 0 aliphatic rings. The lowest BCUT2D eigenvalue weighted by atomic mass is 10.2. The maximum atomic E-state index is 13.6. The van der Waals surface area contributed by atoms with Crippen molar-refractivity contribution in [2.24, 2.45) is 0 Å². The van der Waals surface area contributed by atoms with Gasteiger partial charge in [0.25, 0.3) is 0 Å². The zero-order chi connectivity index (χ0) is 14.0. The van der Waals surface area contributed by atoms with E-state index in [1.54, 1.807) is 6.07 Å². The van der Waals surface area contributed by atoms with E-state index in [9.17, 15) is 13.2 Å². The van der Waals surface area contributed by atoms with E-state index in [0.717, 1.165) is 23.9 Å². The maximum Gasteiger partial charge on any atom is 0.145 e. The van der Waals surface area contributed by atoms with Crippen LogP contribution in [0.5, 0.6) is 0 Å². The van der Waals surface area contributed by atoms with Gasteiger partial charge < -0.3 is 5.73 Å². The summed E-state index contributed by atoms with van der Waals surface area (Å²) in [7, 11) is 0. The third-order valence-corrected chi connectivity index (χ3v) is 3.85. The van der Waals surface area contributed by atoms with Crippen molar-refractivity contribution in [2.75, 3.05) is 5.73 Å². The molecular formula is C13H9ClF3NS. The van der Waals surface area contributed by atoms with Crippen LogP contribution in [-0.2, 0) is 5.75 Å². The first-order chi connectivity index (χ1) is 8.99. The highest BCUT2D eigenvalue weighted by Crippen LogP contribution is 2.31. The monoisotopic (exact) mass is 303 g/mol. The van der Waals surface area contributed by atoms with Gasteiger partial charge >= 0.3 is 0 Å². The summed E-state index contributed by atoms with van der Waals surface area (Å²) in [6.45, 7) is 0. The highest BCUT2D eigenvalue weighted by atomic mass is 35.5. The molecule has 2 N–H and O–H groups in total. The predicted molar refractivity (Wildman–Crippen MR) is 71.7 cm³/mol. The van der Waals surface area contributed by atoms with Gasteiger partial charge in [-0.25, -0.2) is 13.2 Å². The first-order valence-electron chi connectivity index (χ1n) is 5.29. The zero-order valence-electron chi connectivity index (χ0n) is 9.59. The summed E-state index contributed by atoms with van der Waals surface area (Å²) in [5, 5.41) is -0.0173. The summed E-state index contributed by atoms with van der Waals surface area (Å²) in [5.41, 5.74) is 5.61. The number of thioether (sulfide) groups is 1. The van der Waals surface area contributed by atoms with E-state index in [1.807, 2.05) is 0 Å². The third kappa shape index (κ3) is 3.16. The molecule has 0 heterocycles. The average Bonchev–Trinajstić information content (AvgIpc) is 2.33. The van der Waals surface area contributed by atoms with Crippen LogP contribution >= 0.6 is 23.4 Å². The first-order valence-corrected chi connectivity index (χ1v) is 6.65. The van der Waals surface area contributed by atoms with Crippen LogP contribution in [0, 0.1) is 17.5 Å². The molecule has 0 spiro atoms. The summed E-state index contributed by atoms with van der Waals surface area (Å²) in [5.74, 6) is -2.02. The summed E-state index contributed by atoms with van der Waals surface area (Å²) >= 11 is 6.48. The standard InChI is InChI=1S/C13H9ClF3NS/c14-9-3-1-2-7(12(9)17)6-19-13-10(15)4-8(18)5-11(13)16/h1-5H,6,18H2. The number of nitrogen functional groups attached to an aromatic ring is 1. The van der Waals surface area contributed by atoms with Gasteiger partial charge in [0.05, 0.1) is 9.92 Å². The van der Waals surface area contributed by atoms with E-state index in [2.05, 4.69) is 0 Å². The van der Waals surface area contributed by atoms with Gasteiger partial charge in [0.1, 0.15) is 17.5 Å². The van der Waals surface area contributed by atoms with E-state index in [-0.39, 0.29) is 26.9 Å². The molecule has 2 aromatic rings. The van der Waals surface area contributed by atoms with E-state index in [1.165, 1.54) is 12.1 Å². The Kier molecular flexibility index (Phi) is 4.27. The van der Waals surface area contributed by atoms with Crippen molar-refractivity contribution in [3.63, 3.8) is 0 Å². The Morgan fingerprint density at radius 1 is 1.11 bits per heavy atom. The minimum Gasteiger partial charge on any atom is -0.399 e. The van der Waals surface area contributed by atoms with Crippen LogP contribution in [0.3, 0.4) is 0 Å². The van der Waals surface area contributed by atoms with Gasteiger partial charge in [-0.05, 0) is 23.8 Å². The van der Waals surface area contributed by atoms with E-state index in [0.29, 0.717) is 0 Å². The van der Waals surface area contributed by atoms with E-state index < -0.39 is 17.5 Å². The Hall–Kier alpha value is -1.33. The van der Waals surface area contributed by atoms with Crippen molar-refractivity contribution in [3.05, 3.63) is 58.4 Å². The topological polar surface area (TPSA) is 26.0 Å². The summed E-state index contributed by atoms with van der Waals surface area (Å²) < 4.78 is 40.7. The molecule has 0 aliphatic carbocycles. The number of hydrogen-bond acceptors (Lipinski definition) is 2. The normalized spacial score (nSPS) is 10.7. The molecule has 19 heavy (non-hydrogen) atoms. The number of benzene rings is 2. The smallest absolute Gasteiger partial charge is 0.145 e. The lowest BCUT2D eigenvalue weighted by Gasteiger charge is -2.07. The van der Waals surface area contributed by atoms with Crippen LogP contribution in [0.1, 0.15) is 5.56 Å². The lowest BCUT2D eigenvalue weighted by molar-refractivity contribution is 0.541. The van der Waals surface area contributed by atoms with Crippen molar-refractivity contribution in [1.82, 2.24) is 0 Å². The second-order valence-electron chi connectivity index (χ2n) is 3.82. The molecule has 0 saturated carbocycles. The van der Waals surface area contributed by atoms with Crippen molar-refractivity contribution in [1.29, 1.82) is 0 Å². The molecule has 6 heteroatoms. The lowest BCUT2D eigenvalue weighted by Crippen LogP contribution is -1.94. The summed E-state index contributed by atoms with van der Waals surface area (Å²) in [6.07, 6.45) is 0. The molecule has 0 saturated heterocycles. The summed E-state index contributed by atoms with van der Waals surface area (Å²) in [4.78, 5) is -0.187. The predicted octanol–water partition coefficient (Wildman–Crippen LogP) is 4.63. The Bertz CT molecular complexity index is 596. The van der Waals surface area contributed by atoms with Gasteiger partial charge in [0.2, 0.25) is 0 Å². The van der Waals surface area contributed by atoms with Gasteiger partial charge in [-0.3, -0.25) is 0 Å². The highest BCUT2D eigenvalue weighted by molar-refractivity contribution is 7.98. The second-order valence-corrected chi connectivity index (χ2v) is 5.21. The van der Waals surface area contributed by atoms with E-state index >= 15 is 0 Å². The van der Waals surface area contributed by atoms with Crippen molar-refractivity contribution >= 4 is 29.1 Å². The van der Waals surface area contributed by atoms with Crippen LogP contribution in [-0.4, -0.2) is 0 Å². The van der Waals surface area contributed by atoms with Crippen molar-refractivity contribution in [3.8, 4) is 0 Å². The average molecular weight is 304 g/mol. The molecule has 0 aliphatic heterocycles. The fourth-order valence-corrected chi connectivity index (χ4v) is 2.64. The van der Waals surface area contributed by atoms with Crippen molar-refractivity contribution < 1.29 is 13.2 Å². The fraction of sp³-hybridized carbons (Fsp3) is 0.0769. The second kappa shape index (κ2) is 5.75. The maximum absolute atomic E-state index is 13.6. The van der Waals surface area contributed by atoms with Gasteiger partial charge in [-0.15, -0.1) is 11.8 Å². The molecule has 0 radical (unpaired) electrons. The van der Waals surface area contributed by atoms with Gasteiger partial charge in [-0.1, -0.05) is 23.7 Å². The fourth-order valence-electron chi connectivity index (χ4n) is 1.53. The number of hydrogen-bond donors (Lipinski definition) is 1. The molecule has 0 amide bonds. The van der Waals surface area contributed by atoms with Crippen LogP contribution < -0.4 is 5.73 Å². The molecule has 0 aromatic heterocycles. The van der Waals surface area contributed by atoms with Gasteiger partial charge in [-0.2, -0.15) is 0 Å². The van der Waals surface area contributed by atoms with Crippen LogP contribution in [0.2, 0.25) is 5.02 Å². The Balaban J connectivity index is 2.22. The number of nitrogens with two attached hydrogens (primary N) is 1. The molecule has 100 valence electrons. The molecule has 1 nitrogen and oxygen atoms in total. The molecule has 2 aromatic carbocycles. The molecule has 0 unspecified atom stereocenters. The first kappa shape index (κ1) is 14.1. The minimum atomic E-state index is -0.759. The molecule has 0 atom stereocenters. The zero-order valence-corrected chi connectivity index (χ0v) is 11.2. The van der Waals surface area contributed by atoms with Gasteiger partial charge in [0, 0.05) is 11.4 Å². The van der Waals surface area contributed by atoms with E-state index in [4.69, 9.17) is 17.3 Å².